The van der Waals surface area contributed by atoms with Crippen molar-refractivity contribution in [2.75, 3.05) is 72.8 Å². The van der Waals surface area contributed by atoms with E-state index in [4.69, 9.17) is 51.1 Å². The average Bonchev–Trinajstić information content (AvgIpc) is 3.99. The highest BCUT2D eigenvalue weighted by atomic mass is 35.5. The van der Waals surface area contributed by atoms with Gasteiger partial charge in [0.25, 0.3) is 5.91 Å². The van der Waals surface area contributed by atoms with Crippen LogP contribution in [0.5, 0.6) is 0 Å². The number of nitrogens with one attached hydrogen (secondary N) is 3. The minimum atomic E-state index is -0.790. The van der Waals surface area contributed by atoms with Crippen LogP contribution < -0.4 is 48.7 Å². The molecule has 0 spiro atoms. The van der Waals surface area contributed by atoms with Gasteiger partial charge in [0.1, 0.15) is 15.9 Å². The van der Waals surface area contributed by atoms with Crippen LogP contribution in [0.3, 0.4) is 0 Å². The van der Waals surface area contributed by atoms with Crippen LogP contribution in [0, 0.1) is 5.92 Å². The Balaban J connectivity index is 0.00000480. The normalized spacial score (nSPS) is 28.1. The van der Waals surface area contributed by atoms with Gasteiger partial charge < -0.3 is 58.5 Å². The van der Waals surface area contributed by atoms with Crippen molar-refractivity contribution in [2.24, 2.45) is 28.9 Å². The van der Waals surface area contributed by atoms with Crippen LogP contribution >= 0.6 is 35.6 Å². The predicted octanol–water partition coefficient (Wildman–Crippen LogP) is 2.79. The van der Waals surface area contributed by atoms with E-state index in [1.54, 1.807) is 30.5 Å². The number of benzene rings is 1. The number of carbonyl (C=O) groups is 2. The number of hydrogen-bond acceptors (Lipinski definition) is 13. The molecule has 14 nitrogen and oxygen atoms in total. The van der Waals surface area contributed by atoms with Gasteiger partial charge in [0.2, 0.25) is 0 Å². The van der Waals surface area contributed by atoms with Crippen molar-refractivity contribution in [2.45, 2.75) is 61.9 Å². The number of nitrogens with two attached hydrogens (primary N) is 4. The maximum atomic E-state index is 15.5. The van der Waals surface area contributed by atoms with Crippen molar-refractivity contribution in [3.63, 3.8) is 0 Å². The number of anilines is 5. The lowest BCUT2D eigenvalue weighted by molar-refractivity contribution is -0.123. The number of allylic oxidation sites excluding steroid dienone is 1. The largest absolute Gasteiger partial charge is 0.367 e. The quantitative estimate of drug-likeness (QED) is 0.192. The molecule has 4 aliphatic heterocycles. The van der Waals surface area contributed by atoms with Crippen molar-refractivity contribution in [3.8, 4) is 0 Å². The first kappa shape index (κ1) is 40.5. The molecule has 302 valence electrons. The number of halogens is 4. The van der Waals surface area contributed by atoms with E-state index in [-0.39, 0.29) is 54.2 Å². The minimum absolute atomic E-state index is 0. The fraction of sp³-hybridized carbons (Fsp3) is 0.500. The maximum absolute atomic E-state index is 15.5. The zero-order valence-electron chi connectivity index (χ0n) is 31.0. The van der Waals surface area contributed by atoms with Crippen molar-refractivity contribution >= 4 is 76.0 Å². The second-order valence-corrected chi connectivity index (χ2v) is 16.4. The number of fused-ring (bicyclic) bond motifs is 1. The summed E-state index contributed by atoms with van der Waals surface area (Å²) >= 11 is 14.1. The van der Waals surface area contributed by atoms with Crippen LogP contribution in [0.4, 0.5) is 33.1 Å². The molecular formula is C38H50Cl3FN12O2. The second kappa shape index (κ2) is 16.7. The predicted molar refractivity (Wildman–Crippen MR) is 222 cm³/mol. The van der Waals surface area contributed by atoms with Crippen LogP contribution in [0.25, 0.3) is 0 Å². The number of carbonyl (C=O) groups excluding carboxylic acids is 2. The number of amides is 1. The van der Waals surface area contributed by atoms with Gasteiger partial charge in [0.05, 0.1) is 28.9 Å². The zero-order valence-corrected chi connectivity index (χ0v) is 33.3. The summed E-state index contributed by atoms with van der Waals surface area (Å²) in [6.45, 7) is 5.00. The van der Waals surface area contributed by atoms with Gasteiger partial charge in [0, 0.05) is 100 Å². The van der Waals surface area contributed by atoms with Gasteiger partial charge in [-0.05, 0) is 62.1 Å². The summed E-state index contributed by atoms with van der Waals surface area (Å²) in [5.74, 6) is -1.16. The van der Waals surface area contributed by atoms with Crippen LogP contribution in [-0.2, 0) is 9.59 Å². The summed E-state index contributed by atoms with van der Waals surface area (Å²) < 4.78 is 15.5. The number of Topliss-reactive ketones (excluding diaryl/α,β-unsaturated/α-hetero) is 1. The van der Waals surface area contributed by atoms with E-state index in [1.807, 2.05) is 20.8 Å². The number of aromatic nitrogens is 1. The van der Waals surface area contributed by atoms with Crippen molar-refractivity contribution in [1.82, 2.24) is 20.1 Å². The molecule has 1 aromatic heterocycles. The summed E-state index contributed by atoms with van der Waals surface area (Å²) in [4.78, 5) is 40.5. The Labute approximate surface area is 342 Å². The molecule has 2 aliphatic carbocycles. The molecule has 6 atom stereocenters. The molecule has 6 aliphatic rings. The Bertz CT molecular complexity index is 1850. The number of rotatable bonds is 8. The Morgan fingerprint density at radius 2 is 1.36 bits per heavy atom. The first-order chi connectivity index (χ1) is 26.4. The SMILES string of the molecule is Cl.N[C@@H]1C[C@H](N)CN(c2nc(N3C[C@H](N)C[C@H](N)C3)c(Cl)c(Nc3ccc(NC(=O)C4=CN(C5CC5)C5C=C(N6CCNCC6)C(F)=CC5C4=O)cc3)c2Cl)C1. The van der Waals surface area contributed by atoms with Crippen LogP contribution in [0.2, 0.25) is 10.0 Å². The molecule has 56 heavy (non-hydrogen) atoms. The van der Waals surface area contributed by atoms with Gasteiger partial charge in [-0.2, -0.15) is 0 Å². The first-order valence-corrected chi connectivity index (χ1v) is 19.9. The monoisotopic (exact) mass is 830 g/mol. The van der Waals surface area contributed by atoms with Gasteiger partial charge in [-0.3, -0.25) is 9.59 Å². The van der Waals surface area contributed by atoms with E-state index in [9.17, 15) is 9.59 Å². The number of piperidine rings is 2. The van der Waals surface area contributed by atoms with E-state index in [0.717, 1.165) is 25.9 Å². The highest BCUT2D eigenvalue weighted by Gasteiger charge is 2.45. The lowest BCUT2D eigenvalue weighted by Crippen LogP contribution is -2.53. The van der Waals surface area contributed by atoms with Crippen molar-refractivity contribution < 1.29 is 14.0 Å². The minimum Gasteiger partial charge on any atom is -0.367 e. The summed E-state index contributed by atoms with van der Waals surface area (Å²) in [5, 5.41) is 10.1. The van der Waals surface area contributed by atoms with Gasteiger partial charge in [0.15, 0.2) is 17.4 Å². The van der Waals surface area contributed by atoms with E-state index in [0.29, 0.717) is 96.6 Å². The zero-order chi connectivity index (χ0) is 38.5. The molecular weight excluding hydrogens is 782 g/mol. The van der Waals surface area contributed by atoms with E-state index in [2.05, 4.69) is 20.9 Å². The molecule has 2 unspecified atom stereocenters. The molecule has 18 heteroatoms. The van der Waals surface area contributed by atoms with E-state index < -0.39 is 23.4 Å². The van der Waals surface area contributed by atoms with Gasteiger partial charge in [-0.1, -0.05) is 23.2 Å². The Hall–Kier alpha value is -3.67. The lowest BCUT2D eigenvalue weighted by Gasteiger charge is -2.41. The molecule has 1 saturated carbocycles. The third kappa shape index (κ3) is 8.32. The first-order valence-electron chi connectivity index (χ1n) is 19.1. The second-order valence-electron chi connectivity index (χ2n) is 15.6. The molecule has 5 heterocycles. The van der Waals surface area contributed by atoms with Crippen molar-refractivity contribution in [1.29, 1.82) is 0 Å². The molecule has 0 radical (unpaired) electrons. The third-order valence-corrected chi connectivity index (χ3v) is 11.9. The highest BCUT2D eigenvalue weighted by Crippen LogP contribution is 2.45. The molecule has 8 rings (SSSR count). The number of piperazine rings is 1. The Kier molecular flexibility index (Phi) is 12.1. The number of nitrogens with zero attached hydrogens (tertiary/aromatic N) is 5. The lowest BCUT2D eigenvalue weighted by atomic mass is 9.82. The van der Waals surface area contributed by atoms with Gasteiger partial charge in [-0.15, -0.1) is 12.4 Å². The van der Waals surface area contributed by atoms with Gasteiger partial charge >= 0.3 is 0 Å². The summed E-state index contributed by atoms with van der Waals surface area (Å²) in [7, 11) is 0. The number of pyridine rings is 1. The molecule has 3 saturated heterocycles. The molecule has 11 N–H and O–H groups in total. The Morgan fingerprint density at radius 3 is 1.89 bits per heavy atom. The molecule has 4 fully saturated rings. The summed E-state index contributed by atoms with van der Waals surface area (Å²) in [6, 6.07) is 6.23. The molecule has 0 bridgehead atoms. The third-order valence-electron chi connectivity index (χ3n) is 11.2. The molecule has 1 amide bonds. The molecule has 1 aromatic carbocycles. The van der Waals surface area contributed by atoms with E-state index >= 15 is 4.39 Å². The summed E-state index contributed by atoms with van der Waals surface area (Å²) in [6.07, 6.45) is 8.22. The standard InChI is InChI=1S/C38H49Cl2FN12O2.ClH/c39-32-34(33(40)37(52-17-22(44)12-23(45)18-52)49-36(32)51-15-20(42)11-21(43)16-51)47-24-1-3-25(4-2-24)48-38(55)28-19-53(26-5-6-26)30-14-31(50-9-7-46-8-10-50)29(41)13-27(30)35(28)54;/h1-4,13-14,19-23,26-27,30,46H,5-12,15-18,42-45H2,(H,47,49)(H,48,55);1H/t20-,21+,22-,23+,27?,30?;. The average molecular weight is 832 g/mol. The fourth-order valence-corrected chi connectivity index (χ4v) is 9.11. The molecule has 2 aromatic rings. The highest BCUT2D eigenvalue weighted by molar-refractivity contribution is 6.42. The smallest absolute Gasteiger partial charge is 0.260 e. The van der Waals surface area contributed by atoms with Crippen LogP contribution in [-0.4, -0.2) is 115 Å². The topological polar surface area (TPSA) is 200 Å². The summed E-state index contributed by atoms with van der Waals surface area (Å²) in [5.41, 5.74) is 27.5. The number of ketones is 1. The van der Waals surface area contributed by atoms with Crippen molar-refractivity contribution in [3.05, 3.63) is 69.8 Å². The fourth-order valence-electron chi connectivity index (χ4n) is 8.45. The van der Waals surface area contributed by atoms with Crippen LogP contribution in [0.15, 0.2) is 59.7 Å². The van der Waals surface area contributed by atoms with E-state index in [1.165, 1.54) is 6.08 Å². The van der Waals surface area contributed by atoms with Crippen LogP contribution in [0.1, 0.15) is 25.7 Å². The Morgan fingerprint density at radius 1 is 0.821 bits per heavy atom. The van der Waals surface area contributed by atoms with Gasteiger partial charge in [-0.25, -0.2) is 9.37 Å². The number of hydrogen-bond donors (Lipinski definition) is 7. The maximum Gasteiger partial charge on any atom is 0.260 e.